The van der Waals surface area contributed by atoms with Gasteiger partial charge in [-0.2, -0.15) is 0 Å². The maximum atomic E-state index is 13.6. The van der Waals surface area contributed by atoms with Crippen LogP contribution in [0.5, 0.6) is 0 Å². The fraction of sp³-hybridized carbons (Fsp3) is 0.278. The monoisotopic (exact) mass is 371 g/mol. The molecule has 0 unspecified atom stereocenters. The van der Waals surface area contributed by atoms with E-state index < -0.39 is 5.82 Å². The fourth-order valence-corrected chi connectivity index (χ4v) is 3.83. The molecule has 3 heterocycles. The summed E-state index contributed by atoms with van der Waals surface area (Å²) in [5.74, 6) is 0.326. The van der Waals surface area contributed by atoms with Crippen molar-refractivity contribution in [1.82, 2.24) is 14.9 Å². The molecular weight excluding hydrogens is 353 g/mol. The summed E-state index contributed by atoms with van der Waals surface area (Å²) in [4.78, 5) is 26.2. The van der Waals surface area contributed by atoms with Gasteiger partial charge in [0.15, 0.2) is 0 Å². The van der Waals surface area contributed by atoms with Gasteiger partial charge in [-0.25, -0.2) is 14.4 Å². The van der Waals surface area contributed by atoms with E-state index in [0.29, 0.717) is 0 Å². The number of carbonyl (C=O) groups excluding carboxylic acids is 1. The Balaban J connectivity index is 1.34. The third-order valence-electron chi connectivity index (χ3n) is 4.43. The number of hydrogen-bond acceptors (Lipinski definition) is 6. The Kier molecular flexibility index (Phi) is 4.77. The first kappa shape index (κ1) is 16.9. The average molecular weight is 371 g/mol. The lowest BCUT2D eigenvalue weighted by atomic mass is 10.2. The summed E-state index contributed by atoms with van der Waals surface area (Å²) in [6, 6.07) is 8.24. The molecule has 1 N–H and O–H groups in total. The van der Waals surface area contributed by atoms with Gasteiger partial charge >= 0.3 is 0 Å². The molecule has 1 aliphatic rings. The van der Waals surface area contributed by atoms with Gasteiger partial charge in [0, 0.05) is 26.2 Å². The molecule has 1 saturated heterocycles. The van der Waals surface area contributed by atoms with E-state index in [2.05, 4.69) is 25.1 Å². The molecule has 6 nitrogen and oxygen atoms in total. The first-order chi connectivity index (χ1) is 12.7. The van der Waals surface area contributed by atoms with Crippen molar-refractivity contribution in [2.24, 2.45) is 0 Å². The summed E-state index contributed by atoms with van der Waals surface area (Å²) in [5.41, 5.74) is 0.219. The van der Waals surface area contributed by atoms with Crippen molar-refractivity contribution in [3.8, 4) is 0 Å². The number of thiophene rings is 1. The van der Waals surface area contributed by atoms with Crippen molar-refractivity contribution >= 4 is 39.0 Å². The second-order valence-corrected chi connectivity index (χ2v) is 7.02. The lowest BCUT2D eigenvalue weighted by Crippen LogP contribution is -2.49. The van der Waals surface area contributed by atoms with E-state index in [4.69, 9.17) is 0 Å². The normalized spacial score (nSPS) is 15.3. The van der Waals surface area contributed by atoms with Crippen molar-refractivity contribution in [2.45, 2.75) is 0 Å². The molecule has 134 valence electrons. The molecule has 1 fully saturated rings. The summed E-state index contributed by atoms with van der Waals surface area (Å²) < 4.78 is 13.6. The third-order valence-corrected chi connectivity index (χ3v) is 5.25. The zero-order valence-electron chi connectivity index (χ0n) is 14.1. The molecular formula is C18H18FN5OS. The number of benzene rings is 1. The second kappa shape index (κ2) is 7.35. The number of aromatic nitrogens is 2. The highest BCUT2D eigenvalue weighted by Gasteiger charge is 2.22. The molecule has 1 aromatic carbocycles. The number of anilines is 2. The number of piperazine rings is 1. The summed E-state index contributed by atoms with van der Waals surface area (Å²) in [6.45, 7) is 3.32. The summed E-state index contributed by atoms with van der Waals surface area (Å²) >= 11 is 1.60. The largest absolute Gasteiger partial charge is 0.353 e. The summed E-state index contributed by atoms with van der Waals surface area (Å²) in [7, 11) is 0. The first-order valence-electron chi connectivity index (χ1n) is 8.40. The van der Waals surface area contributed by atoms with Crippen molar-refractivity contribution in [2.75, 3.05) is 42.9 Å². The van der Waals surface area contributed by atoms with Crippen LogP contribution in [0.4, 0.5) is 15.9 Å². The smallest absolute Gasteiger partial charge is 0.238 e. The summed E-state index contributed by atoms with van der Waals surface area (Å²) in [6.07, 6.45) is 1.60. The predicted molar refractivity (Wildman–Crippen MR) is 101 cm³/mol. The minimum Gasteiger partial charge on any atom is -0.353 e. The molecule has 0 saturated carbocycles. The van der Waals surface area contributed by atoms with Gasteiger partial charge in [0.05, 0.1) is 17.6 Å². The number of carbonyl (C=O) groups is 1. The topological polar surface area (TPSA) is 61.4 Å². The van der Waals surface area contributed by atoms with Gasteiger partial charge in [0.1, 0.15) is 22.8 Å². The lowest BCUT2D eigenvalue weighted by molar-refractivity contribution is -0.117. The predicted octanol–water partition coefficient (Wildman–Crippen LogP) is 2.59. The number of fused-ring (bicyclic) bond motifs is 1. The van der Waals surface area contributed by atoms with Gasteiger partial charge < -0.3 is 10.2 Å². The van der Waals surface area contributed by atoms with Crippen LogP contribution in [0.15, 0.2) is 42.0 Å². The highest BCUT2D eigenvalue weighted by molar-refractivity contribution is 7.16. The number of rotatable bonds is 4. The summed E-state index contributed by atoms with van der Waals surface area (Å²) in [5, 5.41) is 5.73. The van der Waals surface area contributed by atoms with Gasteiger partial charge in [0.25, 0.3) is 0 Å². The second-order valence-electron chi connectivity index (χ2n) is 6.13. The van der Waals surface area contributed by atoms with Crippen LogP contribution in [-0.4, -0.2) is 53.5 Å². The van der Waals surface area contributed by atoms with Gasteiger partial charge in [-0.05, 0) is 23.6 Å². The molecule has 0 atom stereocenters. The number of para-hydroxylation sites is 1. The Morgan fingerprint density at radius 2 is 1.96 bits per heavy atom. The zero-order chi connectivity index (χ0) is 17.9. The van der Waals surface area contributed by atoms with Crippen LogP contribution in [0, 0.1) is 5.82 Å². The Morgan fingerprint density at radius 1 is 1.15 bits per heavy atom. The maximum Gasteiger partial charge on any atom is 0.238 e. The molecule has 1 amide bonds. The molecule has 3 aromatic rings. The zero-order valence-corrected chi connectivity index (χ0v) is 14.9. The molecule has 2 aromatic heterocycles. The Morgan fingerprint density at radius 3 is 2.77 bits per heavy atom. The number of amides is 1. The van der Waals surface area contributed by atoms with Crippen molar-refractivity contribution in [3.05, 3.63) is 47.9 Å². The van der Waals surface area contributed by atoms with Crippen LogP contribution in [0.2, 0.25) is 0 Å². The number of nitrogens with zero attached hydrogens (tertiary/aromatic N) is 4. The van der Waals surface area contributed by atoms with Crippen LogP contribution in [0.3, 0.4) is 0 Å². The van der Waals surface area contributed by atoms with Crippen molar-refractivity contribution < 1.29 is 9.18 Å². The van der Waals surface area contributed by atoms with E-state index in [0.717, 1.165) is 42.2 Å². The molecule has 1 aliphatic heterocycles. The Labute approximate surface area is 154 Å². The standard InChI is InChI=1S/C18H18FN5OS/c19-14-3-1-2-4-15(14)22-16(25)11-23-6-8-24(9-7-23)17-13-5-10-26-18(13)21-12-20-17/h1-5,10,12H,6-9,11H2,(H,22,25). The minimum atomic E-state index is -0.422. The number of nitrogens with one attached hydrogen (secondary N) is 1. The maximum absolute atomic E-state index is 13.6. The van der Waals surface area contributed by atoms with E-state index in [1.807, 2.05) is 11.4 Å². The van der Waals surface area contributed by atoms with Crippen molar-refractivity contribution in [1.29, 1.82) is 0 Å². The highest BCUT2D eigenvalue weighted by atomic mass is 32.1. The van der Waals surface area contributed by atoms with Gasteiger partial charge in [-0.3, -0.25) is 9.69 Å². The quantitative estimate of drug-likeness (QED) is 0.764. The number of halogens is 1. The molecule has 4 rings (SSSR count). The van der Waals surface area contributed by atoms with Crippen LogP contribution >= 0.6 is 11.3 Å². The van der Waals surface area contributed by atoms with E-state index >= 15 is 0 Å². The van der Waals surface area contributed by atoms with E-state index in [-0.39, 0.29) is 18.1 Å². The SMILES string of the molecule is O=C(CN1CCN(c2ncnc3sccc23)CC1)Nc1ccccc1F. The Bertz CT molecular complexity index is 923. The van der Waals surface area contributed by atoms with Crippen LogP contribution in [0.1, 0.15) is 0 Å². The fourth-order valence-electron chi connectivity index (χ4n) is 3.10. The van der Waals surface area contributed by atoms with Crippen LogP contribution in [0.25, 0.3) is 10.2 Å². The Hall–Kier alpha value is -2.58. The third kappa shape index (κ3) is 3.51. The van der Waals surface area contributed by atoms with Crippen LogP contribution in [-0.2, 0) is 4.79 Å². The first-order valence-corrected chi connectivity index (χ1v) is 9.28. The average Bonchev–Trinajstić information content (AvgIpc) is 3.13. The molecule has 8 heteroatoms. The molecule has 0 bridgehead atoms. The van der Waals surface area contributed by atoms with Gasteiger partial charge in [-0.15, -0.1) is 11.3 Å². The van der Waals surface area contributed by atoms with E-state index in [1.165, 1.54) is 6.07 Å². The minimum absolute atomic E-state index is 0.203. The van der Waals surface area contributed by atoms with Gasteiger partial charge in [0.2, 0.25) is 5.91 Å². The van der Waals surface area contributed by atoms with Gasteiger partial charge in [-0.1, -0.05) is 12.1 Å². The molecule has 0 radical (unpaired) electrons. The van der Waals surface area contributed by atoms with E-state index in [1.54, 1.807) is 35.9 Å². The van der Waals surface area contributed by atoms with Crippen LogP contribution < -0.4 is 10.2 Å². The number of hydrogen-bond donors (Lipinski definition) is 1. The molecule has 26 heavy (non-hydrogen) atoms. The molecule has 0 aliphatic carbocycles. The van der Waals surface area contributed by atoms with Crippen molar-refractivity contribution in [3.63, 3.8) is 0 Å². The highest BCUT2D eigenvalue weighted by Crippen LogP contribution is 2.27. The lowest BCUT2D eigenvalue weighted by Gasteiger charge is -2.35. The molecule has 0 spiro atoms. The van der Waals surface area contributed by atoms with E-state index in [9.17, 15) is 9.18 Å².